The highest BCUT2D eigenvalue weighted by Gasteiger charge is 2.16. The number of quaternary nitrogens is 2. The zero-order valence-corrected chi connectivity index (χ0v) is 24.1. The first-order valence-electron chi connectivity index (χ1n) is 12.1. The van der Waals surface area contributed by atoms with Crippen LogP contribution in [0.5, 0.6) is 0 Å². The molecule has 0 fully saturated rings. The van der Waals surface area contributed by atoms with E-state index in [9.17, 15) is 0 Å². The van der Waals surface area contributed by atoms with E-state index in [-0.39, 0.29) is 34.0 Å². The van der Waals surface area contributed by atoms with Crippen LogP contribution in [0.3, 0.4) is 0 Å². The van der Waals surface area contributed by atoms with E-state index in [1.165, 1.54) is 75.6 Å². The van der Waals surface area contributed by atoms with Crippen LogP contribution in [0.15, 0.2) is 60.7 Å². The predicted octanol–water partition coefficient (Wildman–Crippen LogP) is 0.668. The molecular formula is C28H46Br2N2. The fourth-order valence-electron chi connectivity index (χ4n) is 4.45. The molecule has 0 unspecified atom stereocenters. The van der Waals surface area contributed by atoms with Gasteiger partial charge in [-0.1, -0.05) is 86.3 Å². The molecule has 32 heavy (non-hydrogen) atoms. The molecular weight excluding hydrogens is 524 g/mol. The molecule has 0 radical (unpaired) electrons. The number of nitrogens with zero attached hydrogens (tertiary/aromatic N) is 2. The molecule has 0 aliphatic rings. The second-order valence-corrected chi connectivity index (χ2v) is 10.4. The van der Waals surface area contributed by atoms with E-state index in [1.54, 1.807) is 0 Å². The highest BCUT2D eigenvalue weighted by Crippen LogP contribution is 2.15. The highest BCUT2D eigenvalue weighted by atomic mass is 79.9. The molecule has 0 aromatic heterocycles. The van der Waals surface area contributed by atoms with Crippen LogP contribution in [0.2, 0.25) is 0 Å². The van der Waals surface area contributed by atoms with Crippen molar-refractivity contribution in [2.24, 2.45) is 0 Å². The standard InChI is InChI=1S/C28H46N2.2BrH/c1-29(2,25-27-19-13-11-14-20-27)23-17-9-7-5-6-8-10-18-24-30(3,4)26-28-21-15-12-16-22-28;;/h11-16,19-22H,5-10,17-18,23-26H2,1-4H3;2*1H/q+2;;/p-2. The fraction of sp³-hybridized carbons (Fsp3) is 0.571. The summed E-state index contributed by atoms with van der Waals surface area (Å²) >= 11 is 0. The van der Waals surface area contributed by atoms with Gasteiger partial charge >= 0.3 is 0 Å². The Morgan fingerprint density at radius 1 is 0.438 bits per heavy atom. The van der Waals surface area contributed by atoms with Crippen molar-refractivity contribution in [1.29, 1.82) is 0 Å². The average Bonchev–Trinajstić information content (AvgIpc) is 2.70. The third-order valence-corrected chi connectivity index (χ3v) is 6.18. The number of hydrogen-bond donors (Lipinski definition) is 0. The van der Waals surface area contributed by atoms with E-state index in [2.05, 4.69) is 88.9 Å². The van der Waals surface area contributed by atoms with Crippen LogP contribution in [0, 0.1) is 0 Å². The Labute approximate surface area is 219 Å². The quantitative estimate of drug-likeness (QED) is 0.218. The molecule has 2 aromatic rings. The minimum Gasteiger partial charge on any atom is -1.00 e. The van der Waals surface area contributed by atoms with Gasteiger partial charge in [0, 0.05) is 11.1 Å². The molecule has 2 rings (SSSR count). The largest absolute Gasteiger partial charge is 1.00 e. The van der Waals surface area contributed by atoms with Crippen LogP contribution in [0.4, 0.5) is 0 Å². The predicted molar refractivity (Wildman–Crippen MR) is 131 cm³/mol. The van der Waals surface area contributed by atoms with Gasteiger partial charge in [-0.3, -0.25) is 0 Å². The third kappa shape index (κ3) is 14.5. The Kier molecular flexibility index (Phi) is 16.5. The molecule has 0 spiro atoms. The summed E-state index contributed by atoms with van der Waals surface area (Å²) in [6.45, 7) is 4.84. The smallest absolute Gasteiger partial charge is 0.104 e. The van der Waals surface area contributed by atoms with Crippen molar-refractivity contribution in [3.05, 3.63) is 71.8 Å². The van der Waals surface area contributed by atoms with Crippen molar-refractivity contribution < 1.29 is 42.9 Å². The van der Waals surface area contributed by atoms with Crippen LogP contribution < -0.4 is 34.0 Å². The first-order valence-corrected chi connectivity index (χ1v) is 12.1. The molecule has 0 bridgehead atoms. The summed E-state index contributed by atoms with van der Waals surface area (Å²) < 4.78 is 2.20. The molecule has 0 heterocycles. The van der Waals surface area contributed by atoms with Crippen molar-refractivity contribution >= 4 is 0 Å². The molecule has 0 amide bonds. The Morgan fingerprint density at radius 3 is 1.03 bits per heavy atom. The summed E-state index contributed by atoms with van der Waals surface area (Å²) in [6.07, 6.45) is 11.1. The number of benzene rings is 2. The molecule has 0 atom stereocenters. The summed E-state index contributed by atoms with van der Waals surface area (Å²) in [6, 6.07) is 21.8. The first kappa shape index (κ1) is 31.3. The summed E-state index contributed by atoms with van der Waals surface area (Å²) in [5, 5.41) is 0. The molecule has 4 heteroatoms. The van der Waals surface area contributed by atoms with E-state index in [0.717, 1.165) is 22.1 Å². The fourth-order valence-corrected chi connectivity index (χ4v) is 4.45. The Bertz CT molecular complexity index is 626. The van der Waals surface area contributed by atoms with Gasteiger partial charge < -0.3 is 42.9 Å². The Morgan fingerprint density at radius 2 is 0.719 bits per heavy atom. The monoisotopic (exact) mass is 568 g/mol. The normalized spacial score (nSPS) is 11.5. The SMILES string of the molecule is C[N+](C)(CCCCCCCCCC[N+](C)(C)Cc1ccccc1)Cc1ccccc1.[Br-].[Br-]. The van der Waals surface area contributed by atoms with Crippen LogP contribution in [0.1, 0.15) is 62.5 Å². The summed E-state index contributed by atoms with van der Waals surface area (Å²) in [5.74, 6) is 0. The van der Waals surface area contributed by atoms with E-state index < -0.39 is 0 Å². The van der Waals surface area contributed by atoms with Gasteiger partial charge in [0.05, 0.1) is 41.3 Å². The summed E-state index contributed by atoms with van der Waals surface area (Å²) in [7, 11) is 9.46. The lowest BCUT2D eigenvalue weighted by Crippen LogP contribution is -3.00. The maximum absolute atomic E-state index is 2.37. The summed E-state index contributed by atoms with van der Waals surface area (Å²) in [5.41, 5.74) is 2.90. The van der Waals surface area contributed by atoms with Gasteiger partial charge in [0.1, 0.15) is 13.1 Å². The topological polar surface area (TPSA) is 0 Å². The number of rotatable bonds is 15. The lowest BCUT2D eigenvalue weighted by atomic mass is 10.1. The molecule has 0 N–H and O–H groups in total. The van der Waals surface area contributed by atoms with Gasteiger partial charge in [0.2, 0.25) is 0 Å². The zero-order valence-electron chi connectivity index (χ0n) is 20.9. The van der Waals surface area contributed by atoms with Crippen molar-refractivity contribution in [2.45, 2.75) is 64.5 Å². The van der Waals surface area contributed by atoms with Gasteiger partial charge in [-0.15, -0.1) is 0 Å². The van der Waals surface area contributed by atoms with Gasteiger partial charge in [-0.2, -0.15) is 0 Å². The van der Waals surface area contributed by atoms with Crippen LogP contribution in [0.25, 0.3) is 0 Å². The first-order chi connectivity index (χ1) is 14.4. The summed E-state index contributed by atoms with van der Waals surface area (Å²) in [4.78, 5) is 0. The van der Waals surface area contributed by atoms with Crippen LogP contribution >= 0.6 is 0 Å². The molecule has 182 valence electrons. The maximum Gasteiger partial charge on any atom is 0.104 e. The minimum absolute atomic E-state index is 0. The second kappa shape index (κ2) is 16.9. The second-order valence-electron chi connectivity index (χ2n) is 10.4. The molecule has 0 aliphatic heterocycles. The zero-order chi connectivity index (χ0) is 21.7. The lowest BCUT2D eigenvalue weighted by Gasteiger charge is -2.30. The number of unbranched alkanes of at least 4 members (excludes halogenated alkanes) is 7. The Balaban J connectivity index is 0.00000480. The molecule has 2 aromatic carbocycles. The van der Waals surface area contributed by atoms with Crippen molar-refractivity contribution in [1.82, 2.24) is 0 Å². The van der Waals surface area contributed by atoms with Crippen molar-refractivity contribution in [2.75, 3.05) is 41.3 Å². The van der Waals surface area contributed by atoms with Crippen LogP contribution in [-0.2, 0) is 13.1 Å². The highest BCUT2D eigenvalue weighted by molar-refractivity contribution is 5.14. The Hall–Kier alpha value is -0.680. The third-order valence-electron chi connectivity index (χ3n) is 6.18. The van der Waals surface area contributed by atoms with E-state index >= 15 is 0 Å². The number of halogens is 2. The van der Waals surface area contributed by atoms with Gasteiger partial charge in [-0.05, 0) is 25.7 Å². The maximum atomic E-state index is 2.37. The minimum atomic E-state index is 0. The van der Waals surface area contributed by atoms with Gasteiger partial charge in [0.15, 0.2) is 0 Å². The molecule has 0 saturated heterocycles. The van der Waals surface area contributed by atoms with E-state index in [4.69, 9.17) is 0 Å². The van der Waals surface area contributed by atoms with Crippen molar-refractivity contribution in [3.63, 3.8) is 0 Å². The number of hydrogen-bond acceptors (Lipinski definition) is 0. The van der Waals surface area contributed by atoms with Crippen molar-refractivity contribution in [3.8, 4) is 0 Å². The van der Waals surface area contributed by atoms with Gasteiger partial charge in [-0.25, -0.2) is 0 Å². The molecule has 0 aliphatic carbocycles. The average molecular weight is 570 g/mol. The molecule has 0 saturated carbocycles. The van der Waals surface area contributed by atoms with Crippen LogP contribution in [-0.4, -0.2) is 50.2 Å². The molecule has 2 nitrogen and oxygen atoms in total. The van der Waals surface area contributed by atoms with Gasteiger partial charge in [0.25, 0.3) is 0 Å². The van der Waals surface area contributed by atoms with E-state index in [1.807, 2.05) is 0 Å². The lowest BCUT2D eigenvalue weighted by molar-refractivity contribution is -0.903. The van der Waals surface area contributed by atoms with E-state index in [0.29, 0.717) is 0 Å².